The summed E-state index contributed by atoms with van der Waals surface area (Å²) < 4.78 is 37.1. The lowest BCUT2D eigenvalue weighted by atomic mass is 10.1. The first-order valence-electron chi connectivity index (χ1n) is 8.86. The van der Waals surface area contributed by atoms with Crippen LogP contribution in [0.1, 0.15) is 27.2 Å². The standard InChI is InChI=1S/C16H29FN3O5PSi/c1-16(2,3)27(4,5)25-14-12(20-15-11(17)7-18-9-19-15)6-10(8-21)13(14)24-26(22)23/h7,9-10,12-14,21,26H,6,8H2,1-5H3,(H,22,23)(H,18,19,20)/t10-,12-,13-,14?/m1/s1. The van der Waals surface area contributed by atoms with E-state index in [0.717, 1.165) is 6.20 Å². The summed E-state index contributed by atoms with van der Waals surface area (Å²) in [5, 5.41) is 12.6. The molecule has 3 N–H and O–H groups in total. The molecule has 0 saturated heterocycles. The highest BCUT2D eigenvalue weighted by molar-refractivity contribution is 7.32. The highest BCUT2D eigenvalue weighted by Crippen LogP contribution is 2.43. The molecule has 1 fully saturated rings. The van der Waals surface area contributed by atoms with Gasteiger partial charge in [0.15, 0.2) is 20.0 Å². The third-order valence-corrected chi connectivity index (χ3v) is 10.4. The molecule has 0 bridgehead atoms. The Kier molecular flexibility index (Phi) is 7.15. The highest BCUT2D eigenvalue weighted by atomic mass is 31.1. The van der Waals surface area contributed by atoms with E-state index < -0.39 is 46.6 Å². The van der Waals surface area contributed by atoms with E-state index in [2.05, 4.69) is 49.1 Å². The van der Waals surface area contributed by atoms with E-state index in [4.69, 9.17) is 8.95 Å². The minimum Gasteiger partial charge on any atom is -0.409 e. The van der Waals surface area contributed by atoms with Crippen molar-refractivity contribution in [2.75, 3.05) is 11.9 Å². The van der Waals surface area contributed by atoms with E-state index in [1.54, 1.807) is 0 Å². The summed E-state index contributed by atoms with van der Waals surface area (Å²) in [5.74, 6) is -1.000. The molecular weight excluding hydrogens is 392 g/mol. The smallest absolute Gasteiger partial charge is 0.316 e. The molecule has 1 aliphatic carbocycles. The number of rotatable bonds is 7. The highest BCUT2D eigenvalue weighted by Gasteiger charge is 2.50. The molecule has 27 heavy (non-hydrogen) atoms. The Morgan fingerprint density at radius 3 is 2.59 bits per heavy atom. The second kappa shape index (κ2) is 8.63. The van der Waals surface area contributed by atoms with E-state index in [1.807, 2.05) is 0 Å². The molecule has 1 aromatic rings. The van der Waals surface area contributed by atoms with Crippen molar-refractivity contribution in [3.05, 3.63) is 18.3 Å². The molecule has 0 aliphatic heterocycles. The molecule has 154 valence electrons. The fourth-order valence-corrected chi connectivity index (χ4v) is 4.84. The minimum atomic E-state index is -3.24. The van der Waals surface area contributed by atoms with Crippen molar-refractivity contribution in [2.45, 2.75) is 63.6 Å². The van der Waals surface area contributed by atoms with Gasteiger partial charge in [-0.3, -0.25) is 4.57 Å². The van der Waals surface area contributed by atoms with Crippen LogP contribution in [-0.2, 0) is 13.5 Å². The Labute approximate surface area is 160 Å². The molecule has 5 atom stereocenters. The first-order chi connectivity index (χ1) is 12.5. The minimum absolute atomic E-state index is 0.0211. The Hall–Kier alpha value is -0.903. The number of hydrogen-bond acceptors (Lipinski definition) is 7. The second-order valence-corrected chi connectivity index (χ2v) is 13.9. The number of aromatic nitrogens is 2. The molecule has 8 nitrogen and oxygen atoms in total. The number of aliphatic hydroxyl groups excluding tert-OH is 1. The Morgan fingerprint density at radius 2 is 2.07 bits per heavy atom. The van der Waals surface area contributed by atoms with Gasteiger partial charge in [-0.1, -0.05) is 20.8 Å². The largest absolute Gasteiger partial charge is 0.409 e. The number of aliphatic hydroxyl groups is 1. The van der Waals surface area contributed by atoms with Crippen LogP contribution < -0.4 is 5.32 Å². The summed E-state index contributed by atoms with van der Waals surface area (Å²) in [5.41, 5.74) is 0. The van der Waals surface area contributed by atoms with Crippen LogP contribution in [0.2, 0.25) is 18.1 Å². The van der Waals surface area contributed by atoms with Crippen molar-refractivity contribution in [1.29, 1.82) is 0 Å². The van der Waals surface area contributed by atoms with Gasteiger partial charge in [0.05, 0.1) is 24.4 Å². The third kappa shape index (κ3) is 5.33. The lowest BCUT2D eigenvalue weighted by molar-refractivity contribution is 0.0258. The first-order valence-corrected chi connectivity index (χ1v) is 13.0. The molecule has 1 saturated carbocycles. The van der Waals surface area contributed by atoms with Crippen LogP contribution in [-0.4, -0.2) is 53.1 Å². The van der Waals surface area contributed by atoms with Crippen molar-refractivity contribution in [1.82, 2.24) is 9.97 Å². The van der Waals surface area contributed by atoms with Gasteiger partial charge in [-0.2, -0.15) is 0 Å². The molecule has 1 heterocycles. The number of halogens is 1. The van der Waals surface area contributed by atoms with Gasteiger partial charge in [-0.25, -0.2) is 14.4 Å². The van der Waals surface area contributed by atoms with Gasteiger partial charge < -0.3 is 24.3 Å². The van der Waals surface area contributed by atoms with Gasteiger partial charge in [0.2, 0.25) is 0 Å². The van der Waals surface area contributed by atoms with Gasteiger partial charge in [0, 0.05) is 12.5 Å². The number of nitrogens with zero attached hydrogens (tertiary/aromatic N) is 2. The molecular formula is C16H29FN3O5PSi. The maximum absolute atomic E-state index is 14.0. The topological polar surface area (TPSA) is 114 Å². The average molecular weight is 421 g/mol. The van der Waals surface area contributed by atoms with Gasteiger partial charge in [-0.05, 0) is 24.6 Å². The SMILES string of the molecule is CC(C)(C)[Si](C)(C)OC1[C@H](Nc2ncncc2F)C[C@H](CO)[C@H]1O[PH](=O)O. The van der Waals surface area contributed by atoms with E-state index in [-0.39, 0.29) is 17.5 Å². The zero-order valence-electron chi connectivity index (χ0n) is 16.3. The fourth-order valence-electron chi connectivity index (χ4n) is 2.95. The van der Waals surface area contributed by atoms with Gasteiger partial charge in [0.25, 0.3) is 0 Å². The number of hydrogen-bond donors (Lipinski definition) is 3. The van der Waals surface area contributed by atoms with Crippen LogP contribution >= 0.6 is 8.25 Å². The quantitative estimate of drug-likeness (QED) is 0.455. The molecule has 2 unspecified atom stereocenters. The van der Waals surface area contributed by atoms with E-state index in [1.165, 1.54) is 6.33 Å². The van der Waals surface area contributed by atoms with E-state index in [0.29, 0.717) is 6.42 Å². The van der Waals surface area contributed by atoms with Crippen LogP contribution in [0, 0.1) is 11.7 Å². The Morgan fingerprint density at radius 1 is 1.41 bits per heavy atom. The van der Waals surface area contributed by atoms with Gasteiger partial charge in [-0.15, -0.1) is 0 Å². The molecule has 2 rings (SSSR count). The summed E-state index contributed by atoms with van der Waals surface area (Å²) in [6, 6.07) is -0.438. The van der Waals surface area contributed by atoms with Crippen molar-refractivity contribution < 1.29 is 27.9 Å². The maximum atomic E-state index is 14.0. The molecule has 0 aromatic carbocycles. The Bertz CT molecular complexity index is 676. The summed E-state index contributed by atoms with van der Waals surface area (Å²) in [6.45, 7) is 10.1. The number of anilines is 1. The molecule has 11 heteroatoms. The van der Waals surface area contributed by atoms with Crippen molar-refractivity contribution >= 4 is 22.4 Å². The van der Waals surface area contributed by atoms with E-state index >= 15 is 0 Å². The first kappa shape index (κ1) is 22.4. The maximum Gasteiger partial charge on any atom is 0.316 e. The summed E-state index contributed by atoms with van der Waals surface area (Å²) in [4.78, 5) is 16.9. The average Bonchev–Trinajstić information content (AvgIpc) is 2.85. The van der Waals surface area contributed by atoms with Crippen LogP contribution in [0.25, 0.3) is 0 Å². The lowest BCUT2D eigenvalue weighted by Gasteiger charge is -2.41. The molecule has 1 aromatic heterocycles. The van der Waals surface area contributed by atoms with Crippen LogP contribution in [0.3, 0.4) is 0 Å². The number of nitrogens with one attached hydrogen (secondary N) is 1. The van der Waals surface area contributed by atoms with Crippen molar-refractivity contribution in [3.63, 3.8) is 0 Å². The normalized spacial score (nSPS) is 27.6. The summed E-state index contributed by atoms with van der Waals surface area (Å²) >= 11 is 0. The van der Waals surface area contributed by atoms with Crippen molar-refractivity contribution in [3.8, 4) is 0 Å². The molecule has 0 amide bonds. The van der Waals surface area contributed by atoms with Crippen LogP contribution in [0.4, 0.5) is 10.2 Å². The van der Waals surface area contributed by atoms with Crippen LogP contribution in [0.5, 0.6) is 0 Å². The van der Waals surface area contributed by atoms with Gasteiger partial charge >= 0.3 is 8.25 Å². The molecule has 0 spiro atoms. The Balaban J connectivity index is 2.34. The molecule has 0 radical (unpaired) electrons. The second-order valence-electron chi connectivity index (χ2n) is 8.34. The summed E-state index contributed by atoms with van der Waals surface area (Å²) in [6.07, 6.45) is 1.27. The predicted molar refractivity (Wildman–Crippen MR) is 103 cm³/mol. The van der Waals surface area contributed by atoms with E-state index in [9.17, 15) is 19.0 Å². The van der Waals surface area contributed by atoms with Gasteiger partial charge in [0.1, 0.15) is 6.33 Å². The van der Waals surface area contributed by atoms with Crippen LogP contribution in [0.15, 0.2) is 12.5 Å². The zero-order valence-corrected chi connectivity index (χ0v) is 18.3. The monoisotopic (exact) mass is 421 g/mol. The third-order valence-electron chi connectivity index (χ3n) is 5.44. The van der Waals surface area contributed by atoms with Crippen molar-refractivity contribution in [2.24, 2.45) is 5.92 Å². The fraction of sp³-hybridized carbons (Fsp3) is 0.750. The predicted octanol–water partition coefficient (Wildman–Crippen LogP) is 2.57. The zero-order chi connectivity index (χ0) is 20.4. The molecule has 1 aliphatic rings. The lowest BCUT2D eigenvalue weighted by Crippen LogP contribution is -2.50. The summed E-state index contributed by atoms with van der Waals surface area (Å²) in [7, 11) is -5.52.